The summed E-state index contributed by atoms with van der Waals surface area (Å²) in [7, 11) is -3.50. The number of hydrogen-bond donors (Lipinski definition) is 0. The second-order valence-corrected chi connectivity index (χ2v) is 7.15. The number of nitro groups is 1. The highest BCUT2D eigenvalue weighted by atomic mass is 35.5. The summed E-state index contributed by atoms with van der Waals surface area (Å²) in [5.74, 6) is -1.72. The van der Waals surface area contributed by atoms with E-state index >= 15 is 0 Å². The molecule has 0 aliphatic heterocycles. The van der Waals surface area contributed by atoms with Gasteiger partial charge in [0, 0.05) is 6.07 Å². The minimum atomic E-state index is -4.55. The molecule has 0 amide bonds. The Bertz CT molecular complexity index is 966. The molecule has 2 aromatic carbocycles. The predicted molar refractivity (Wildman–Crippen MR) is 91.1 cm³/mol. The van der Waals surface area contributed by atoms with Crippen molar-refractivity contribution in [3.05, 3.63) is 63.4 Å². The van der Waals surface area contributed by atoms with Gasteiger partial charge in [0.2, 0.25) is 0 Å². The number of rotatable bonds is 6. The van der Waals surface area contributed by atoms with Gasteiger partial charge in [0.15, 0.2) is 4.90 Å². The first-order chi connectivity index (χ1) is 12.2. The molecule has 0 saturated carbocycles. The maximum absolute atomic E-state index is 13.4. The van der Waals surface area contributed by atoms with Crippen molar-refractivity contribution < 1.29 is 27.3 Å². The van der Waals surface area contributed by atoms with Gasteiger partial charge < -0.3 is 4.74 Å². The van der Waals surface area contributed by atoms with Crippen LogP contribution in [0.2, 0.25) is 5.02 Å². The first kappa shape index (κ1) is 19.6. The van der Waals surface area contributed by atoms with Crippen molar-refractivity contribution in [1.29, 1.82) is 0 Å². The smallest absolute Gasteiger partial charge is 0.326 e. The molecule has 0 aliphatic carbocycles. The van der Waals surface area contributed by atoms with E-state index in [-0.39, 0.29) is 10.7 Å². The largest absolute Gasteiger partial charge is 0.468 e. The van der Waals surface area contributed by atoms with E-state index in [1.807, 2.05) is 0 Å². The number of hydrogen-bond acceptors (Lipinski definition) is 6. The van der Waals surface area contributed by atoms with Gasteiger partial charge in [-0.3, -0.25) is 19.2 Å². The highest BCUT2D eigenvalue weighted by Crippen LogP contribution is 2.31. The summed E-state index contributed by atoms with van der Waals surface area (Å²) >= 11 is 5.69. The maximum Gasteiger partial charge on any atom is 0.326 e. The minimum absolute atomic E-state index is 0.153. The number of esters is 1. The molecule has 0 unspecified atom stereocenters. The van der Waals surface area contributed by atoms with Crippen LogP contribution >= 0.6 is 11.6 Å². The molecule has 0 fully saturated rings. The summed E-state index contributed by atoms with van der Waals surface area (Å²) in [6.45, 7) is -0.785. The maximum atomic E-state index is 13.4. The van der Waals surface area contributed by atoms with Crippen LogP contribution in [0.3, 0.4) is 0 Å². The normalized spacial score (nSPS) is 11.0. The highest BCUT2D eigenvalue weighted by Gasteiger charge is 2.33. The van der Waals surface area contributed by atoms with Crippen LogP contribution in [-0.2, 0) is 19.6 Å². The third-order valence-corrected chi connectivity index (χ3v) is 5.43. The van der Waals surface area contributed by atoms with Gasteiger partial charge in [-0.05, 0) is 24.3 Å². The Morgan fingerprint density at radius 1 is 1.31 bits per heavy atom. The van der Waals surface area contributed by atoms with Crippen molar-refractivity contribution in [3.8, 4) is 0 Å². The van der Waals surface area contributed by atoms with Crippen LogP contribution in [0.5, 0.6) is 0 Å². The van der Waals surface area contributed by atoms with E-state index in [2.05, 4.69) is 4.74 Å². The lowest BCUT2D eigenvalue weighted by molar-refractivity contribution is -0.387. The van der Waals surface area contributed by atoms with Crippen LogP contribution in [0.4, 0.5) is 15.8 Å². The molecule has 138 valence electrons. The third-order valence-electron chi connectivity index (χ3n) is 3.32. The summed E-state index contributed by atoms with van der Waals surface area (Å²) in [6, 6.07) is 7.63. The van der Waals surface area contributed by atoms with E-state index in [9.17, 15) is 27.7 Å². The molecule has 0 N–H and O–H groups in total. The number of sulfonamides is 1. The van der Waals surface area contributed by atoms with Crippen LogP contribution in [-0.4, -0.2) is 33.0 Å². The summed E-state index contributed by atoms with van der Waals surface area (Å²) in [5.41, 5.74) is -0.824. The Hall–Kier alpha value is -2.72. The van der Waals surface area contributed by atoms with Crippen molar-refractivity contribution in [2.75, 3.05) is 18.0 Å². The molecule has 0 radical (unpaired) electrons. The Morgan fingerprint density at radius 2 is 1.96 bits per heavy atom. The van der Waals surface area contributed by atoms with Crippen molar-refractivity contribution in [3.63, 3.8) is 0 Å². The molecule has 8 nitrogen and oxygen atoms in total. The van der Waals surface area contributed by atoms with Crippen LogP contribution in [0.25, 0.3) is 0 Å². The fourth-order valence-electron chi connectivity index (χ4n) is 2.08. The van der Waals surface area contributed by atoms with Crippen molar-refractivity contribution in [2.24, 2.45) is 0 Å². The van der Waals surface area contributed by atoms with E-state index in [4.69, 9.17) is 11.6 Å². The number of halogens is 2. The van der Waals surface area contributed by atoms with Crippen LogP contribution in [0, 0.1) is 15.9 Å². The third kappa shape index (κ3) is 3.92. The van der Waals surface area contributed by atoms with Gasteiger partial charge >= 0.3 is 5.97 Å². The SMILES string of the molecule is COC(=O)CN(c1ccc(F)c(Cl)c1)S(=O)(=O)c1ccccc1[N+](=O)[O-]. The molecular formula is C15H12ClFN2O6S. The average Bonchev–Trinajstić information content (AvgIpc) is 2.61. The lowest BCUT2D eigenvalue weighted by atomic mass is 10.3. The van der Waals surface area contributed by atoms with E-state index in [1.165, 1.54) is 12.1 Å². The second kappa shape index (κ2) is 7.67. The number of anilines is 1. The van der Waals surface area contributed by atoms with Gasteiger partial charge in [-0.15, -0.1) is 0 Å². The number of ether oxygens (including phenoxy) is 1. The number of benzene rings is 2. The molecule has 0 aromatic heterocycles. The molecule has 2 rings (SSSR count). The van der Waals surface area contributed by atoms with Crippen molar-refractivity contribution in [2.45, 2.75) is 4.90 Å². The number of nitro benzene ring substituents is 1. The molecule has 11 heteroatoms. The number of para-hydroxylation sites is 1. The van der Waals surface area contributed by atoms with Crippen LogP contribution < -0.4 is 4.31 Å². The van der Waals surface area contributed by atoms with E-state index in [1.54, 1.807) is 0 Å². The molecule has 0 atom stereocenters. The Morgan fingerprint density at radius 3 is 2.54 bits per heavy atom. The van der Waals surface area contributed by atoms with Crippen molar-refractivity contribution >= 4 is 39.0 Å². The van der Waals surface area contributed by atoms with Gasteiger partial charge in [0.05, 0.1) is 22.7 Å². The van der Waals surface area contributed by atoms with Gasteiger partial charge in [0.25, 0.3) is 15.7 Å². The number of carbonyl (C=O) groups excluding carboxylic acids is 1. The highest BCUT2D eigenvalue weighted by molar-refractivity contribution is 7.93. The van der Waals surface area contributed by atoms with Gasteiger partial charge in [-0.25, -0.2) is 12.8 Å². The Balaban J connectivity index is 2.66. The number of methoxy groups -OCH3 is 1. The van der Waals surface area contributed by atoms with Crippen LogP contribution in [0.15, 0.2) is 47.4 Å². The predicted octanol–water partition coefficient (Wildman–Crippen LogP) is 2.76. The number of carbonyl (C=O) groups is 1. The molecule has 2 aromatic rings. The molecule has 0 saturated heterocycles. The lowest BCUT2D eigenvalue weighted by Crippen LogP contribution is -2.36. The molecule has 0 spiro atoms. The fourth-order valence-corrected chi connectivity index (χ4v) is 3.82. The van der Waals surface area contributed by atoms with Crippen molar-refractivity contribution in [1.82, 2.24) is 0 Å². The summed E-state index contributed by atoms with van der Waals surface area (Å²) in [6.07, 6.45) is 0. The zero-order valence-electron chi connectivity index (χ0n) is 13.3. The molecule has 0 heterocycles. The molecular weight excluding hydrogens is 391 g/mol. The first-order valence-corrected chi connectivity index (χ1v) is 8.78. The van der Waals surface area contributed by atoms with E-state index in [0.717, 1.165) is 37.4 Å². The summed E-state index contributed by atoms with van der Waals surface area (Å²) in [5, 5.41) is 10.8. The average molecular weight is 403 g/mol. The monoisotopic (exact) mass is 402 g/mol. The first-order valence-electron chi connectivity index (χ1n) is 6.96. The quantitative estimate of drug-likeness (QED) is 0.417. The molecule has 0 aliphatic rings. The van der Waals surface area contributed by atoms with E-state index in [0.29, 0.717) is 4.31 Å². The molecule has 0 bridgehead atoms. The fraction of sp³-hybridized carbons (Fsp3) is 0.133. The Kier molecular flexibility index (Phi) is 5.78. The lowest BCUT2D eigenvalue weighted by Gasteiger charge is -2.23. The molecule has 26 heavy (non-hydrogen) atoms. The second-order valence-electron chi connectivity index (χ2n) is 4.91. The topological polar surface area (TPSA) is 107 Å². The van der Waals surface area contributed by atoms with Gasteiger partial charge in [0.1, 0.15) is 12.4 Å². The number of nitrogens with zero attached hydrogens (tertiary/aromatic N) is 2. The van der Waals surface area contributed by atoms with E-state index < -0.39 is 43.9 Å². The standard InChI is InChI=1S/C15H12ClFN2O6S/c1-25-15(20)9-18(10-6-7-12(17)11(16)8-10)26(23,24)14-5-3-2-4-13(14)19(21)22/h2-8H,9H2,1H3. The zero-order chi connectivity index (χ0) is 19.5. The van der Waals surface area contributed by atoms with Crippen LogP contribution in [0.1, 0.15) is 0 Å². The van der Waals surface area contributed by atoms with Gasteiger partial charge in [-0.1, -0.05) is 23.7 Å². The summed E-state index contributed by atoms with van der Waals surface area (Å²) < 4.78 is 44.4. The minimum Gasteiger partial charge on any atom is -0.468 e. The van der Waals surface area contributed by atoms with Gasteiger partial charge in [-0.2, -0.15) is 0 Å². The summed E-state index contributed by atoms with van der Waals surface area (Å²) in [4.78, 5) is 21.3. The Labute approximate surface area is 153 Å². The zero-order valence-corrected chi connectivity index (χ0v) is 14.8.